The van der Waals surface area contributed by atoms with Crippen molar-refractivity contribution in [3.05, 3.63) is 96.6 Å². The van der Waals surface area contributed by atoms with E-state index in [9.17, 15) is 0 Å². The lowest BCUT2D eigenvalue weighted by molar-refractivity contribution is 0.200. The normalized spacial score (nSPS) is 14.5. The average Bonchev–Trinajstić information content (AvgIpc) is 2.82. The average molecular weight is 429 g/mol. The Morgan fingerprint density at radius 3 is 2.00 bits per heavy atom. The molecule has 0 unspecified atom stereocenters. The van der Waals surface area contributed by atoms with Gasteiger partial charge >= 0.3 is 0 Å². The lowest BCUT2D eigenvalue weighted by Crippen LogP contribution is -2.49. The summed E-state index contributed by atoms with van der Waals surface area (Å²) in [5, 5.41) is 7.57. The van der Waals surface area contributed by atoms with E-state index in [-0.39, 0.29) is 0 Å². The van der Waals surface area contributed by atoms with Crippen LogP contribution in [0.25, 0.3) is 6.08 Å². The molecule has 2 N–H and O–H groups in total. The summed E-state index contributed by atoms with van der Waals surface area (Å²) in [7, 11) is 0. The second-order valence-corrected chi connectivity index (χ2v) is 7.99. The molecule has 1 heterocycles. The molecule has 0 bridgehead atoms. The van der Waals surface area contributed by atoms with Gasteiger partial charge in [-0.05, 0) is 54.2 Å². The second kappa shape index (κ2) is 10.8. The third kappa shape index (κ3) is 6.41. The van der Waals surface area contributed by atoms with Crippen molar-refractivity contribution in [3.63, 3.8) is 0 Å². The summed E-state index contributed by atoms with van der Waals surface area (Å²) in [6.45, 7) is 4.89. The topological polar surface area (TPSA) is 30.5 Å². The number of anilines is 3. The van der Waals surface area contributed by atoms with Gasteiger partial charge in [0.2, 0.25) is 0 Å². The number of nitrogens with zero attached hydrogens (tertiary/aromatic N) is 2. The SMILES string of the molecule is S=C(Nc1ccc(Nc2ccccc2)cc1)N1CCN(CC=Cc2ccccc2)CC1. The molecule has 3 aromatic carbocycles. The Balaban J connectivity index is 1.21. The van der Waals surface area contributed by atoms with Crippen molar-refractivity contribution in [3.8, 4) is 0 Å². The molecule has 0 aliphatic carbocycles. The van der Waals surface area contributed by atoms with Gasteiger partial charge in [-0.3, -0.25) is 4.90 Å². The molecule has 0 saturated carbocycles. The smallest absolute Gasteiger partial charge is 0.173 e. The van der Waals surface area contributed by atoms with Gasteiger partial charge in [0, 0.05) is 49.8 Å². The van der Waals surface area contributed by atoms with E-state index in [2.05, 4.69) is 93.2 Å². The highest BCUT2D eigenvalue weighted by atomic mass is 32.1. The Bertz CT molecular complexity index is 979. The number of hydrogen-bond acceptors (Lipinski definition) is 3. The maximum atomic E-state index is 5.65. The molecular weight excluding hydrogens is 400 g/mol. The number of benzene rings is 3. The fourth-order valence-electron chi connectivity index (χ4n) is 3.56. The van der Waals surface area contributed by atoms with Gasteiger partial charge in [-0.2, -0.15) is 0 Å². The summed E-state index contributed by atoms with van der Waals surface area (Å²) in [5.41, 5.74) is 4.39. The summed E-state index contributed by atoms with van der Waals surface area (Å²) < 4.78 is 0. The van der Waals surface area contributed by atoms with E-state index in [4.69, 9.17) is 12.2 Å². The number of thiocarbonyl (C=S) groups is 1. The van der Waals surface area contributed by atoms with Gasteiger partial charge in [-0.15, -0.1) is 0 Å². The van der Waals surface area contributed by atoms with Crippen LogP contribution in [0, 0.1) is 0 Å². The van der Waals surface area contributed by atoms with Crippen LogP contribution in [-0.4, -0.2) is 47.6 Å². The molecule has 158 valence electrons. The Hall–Kier alpha value is -3.15. The van der Waals surface area contributed by atoms with Crippen molar-refractivity contribution >= 4 is 40.5 Å². The molecular formula is C26H28N4S. The minimum atomic E-state index is 0.795. The van der Waals surface area contributed by atoms with Crippen molar-refractivity contribution in [2.45, 2.75) is 0 Å². The van der Waals surface area contributed by atoms with E-state index in [1.807, 2.05) is 24.3 Å². The Labute approximate surface area is 190 Å². The Morgan fingerprint density at radius 2 is 1.32 bits per heavy atom. The fourth-order valence-corrected chi connectivity index (χ4v) is 3.86. The highest BCUT2D eigenvalue weighted by Gasteiger charge is 2.18. The monoisotopic (exact) mass is 428 g/mol. The number of rotatable bonds is 6. The van der Waals surface area contributed by atoms with Gasteiger partial charge in [0.05, 0.1) is 0 Å². The molecule has 1 aliphatic rings. The summed E-state index contributed by atoms with van der Waals surface area (Å²) >= 11 is 5.65. The fraction of sp³-hybridized carbons (Fsp3) is 0.192. The first-order valence-electron chi connectivity index (χ1n) is 10.7. The molecule has 0 aromatic heterocycles. The van der Waals surface area contributed by atoms with E-state index in [0.717, 1.165) is 54.9 Å². The van der Waals surface area contributed by atoms with Gasteiger partial charge in [-0.25, -0.2) is 0 Å². The Morgan fingerprint density at radius 1 is 0.742 bits per heavy atom. The summed E-state index contributed by atoms with van der Waals surface area (Å²) in [6, 6.07) is 28.9. The molecule has 0 atom stereocenters. The lowest BCUT2D eigenvalue weighted by atomic mass is 10.2. The third-order valence-electron chi connectivity index (χ3n) is 5.33. The summed E-state index contributed by atoms with van der Waals surface area (Å²) in [4.78, 5) is 4.71. The van der Waals surface area contributed by atoms with Gasteiger partial charge in [0.25, 0.3) is 0 Å². The predicted octanol–water partition coefficient (Wildman–Crippen LogP) is 5.46. The molecule has 1 fully saturated rings. The second-order valence-electron chi connectivity index (χ2n) is 7.60. The van der Waals surface area contributed by atoms with Crippen LogP contribution in [0.1, 0.15) is 5.56 Å². The molecule has 31 heavy (non-hydrogen) atoms. The van der Waals surface area contributed by atoms with Crippen LogP contribution in [0.3, 0.4) is 0 Å². The zero-order valence-corrected chi connectivity index (χ0v) is 18.4. The van der Waals surface area contributed by atoms with Crippen molar-refractivity contribution in [1.82, 2.24) is 9.80 Å². The van der Waals surface area contributed by atoms with E-state index in [0.29, 0.717) is 0 Å². The largest absolute Gasteiger partial charge is 0.356 e. The number of para-hydroxylation sites is 1. The van der Waals surface area contributed by atoms with E-state index in [1.165, 1.54) is 5.56 Å². The quantitative estimate of drug-likeness (QED) is 0.509. The lowest BCUT2D eigenvalue weighted by Gasteiger charge is -2.35. The molecule has 0 spiro atoms. The van der Waals surface area contributed by atoms with Crippen LogP contribution >= 0.6 is 12.2 Å². The summed E-state index contributed by atoms with van der Waals surface area (Å²) in [6.07, 6.45) is 4.43. The van der Waals surface area contributed by atoms with Crippen LogP contribution in [0.4, 0.5) is 17.1 Å². The van der Waals surface area contributed by atoms with Gasteiger partial charge in [-0.1, -0.05) is 60.7 Å². The van der Waals surface area contributed by atoms with Crippen LogP contribution in [0.2, 0.25) is 0 Å². The van der Waals surface area contributed by atoms with Crippen LogP contribution in [0.15, 0.2) is 91.0 Å². The molecule has 3 aromatic rings. The summed E-state index contributed by atoms with van der Waals surface area (Å²) in [5.74, 6) is 0. The first kappa shape index (κ1) is 21.1. The van der Waals surface area contributed by atoms with Crippen LogP contribution in [0.5, 0.6) is 0 Å². The van der Waals surface area contributed by atoms with E-state index >= 15 is 0 Å². The number of nitrogens with one attached hydrogen (secondary N) is 2. The first-order chi connectivity index (χ1) is 15.3. The highest BCUT2D eigenvalue weighted by molar-refractivity contribution is 7.80. The molecule has 4 nitrogen and oxygen atoms in total. The zero-order valence-electron chi connectivity index (χ0n) is 17.6. The Kier molecular flexibility index (Phi) is 7.32. The number of hydrogen-bond donors (Lipinski definition) is 2. The van der Waals surface area contributed by atoms with Crippen LogP contribution < -0.4 is 10.6 Å². The van der Waals surface area contributed by atoms with Gasteiger partial charge in [0.15, 0.2) is 5.11 Å². The van der Waals surface area contributed by atoms with Gasteiger partial charge < -0.3 is 15.5 Å². The number of piperazine rings is 1. The predicted molar refractivity (Wildman–Crippen MR) is 136 cm³/mol. The highest BCUT2D eigenvalue weighted by Crippen LogP contribution is 2.19. The zero-order chi connectivity index (χ0) is 21.3. The van der Waals surface area contributed by atoms with E-state index in [1.54, 1.807) is 0 Å². The molecule has 5 heteroatoms. The van der Waals surface area contributed by atoms with Crippen molar-refractivity contribution in [2.75, 3.05) is 43.4 Å². The maximum absolute atomic E-state index is 5.65. The van der Waals surface area contributed by atoms with Crippen molar-refractivity contribution in [2.24, 2.45) is 0 Å². The van der Waals surface area contributed by atoms with Crippen LogP contribution in [-0.2, 0) is 0 Å². The van der Waals surface area contributed by atoms with Gasteiger partial charge in [0.1, 0.15) is 0 Å². The minimum Gasteiger partial charge on any atom is -0.356 e. The van der Waals surface area contributed by atoms with Crippen molar-refractivity contribution in [1.29, 1.82) is 0 Å². The first-order valence-corrected chi connectivity index (χ1v) is 11.1. The molecule has 0 radical (unpaired) electrons. The molecule has 1 saturated heterocycles. The molecule has 4 rings (SSSR count). The molecule has 0 amide bonds. The van der Waals surface area contributed by atoms with E-state index < -0.39 is 0 Å². The standard InChI is InChI=1S/C26H28N4S/c31-26(28-25-15-13-24(14-16-25)27-23-11-5-2-6-12-23)30-20-18-29(19-21-30)17-7-10-22-8-3-1-4-9-22/h1-16,27H,17-21H2,(H,28,31). The van der Waals surface area contributed by atoms with Crippen molar-refractivity contribution < 1.29 is 0 Å². The molecule has 1 aliphatic heterocycles. The third-order valence-corrected chi connectivity index (χ3v) is 5.69. The minimum absolute atomic E-state index is 0.795. The maximum Gasteiger partial charge on any atom is 0.173 e.